The van der Waals surface area contributed by atoms with Gasteiger partial charge in [-0.1, -0.05) is 12.1 Å². The number of pyridine rings is 1. The molecule has 2 fully saturated rings. The number of allylic oxidation sites excluding steroid dienone is 3. The number of hydrogen-bond acceptors (Lipinski definition) is 6. The lowest BCUT2D eigenvalue weighted by Crippen LogP contribution is -2.47. The number of carboxylic acid groups (broad SMARTS) is 1. The van der Waals surface area contributed by atoms with E-state index >= 15 is 0 Å². The zero-order chi connectivity index (χ0) is 22.5. The van der Waals surface area contributed by atoms with Gasteiger partial charge in [0.15, 0.2) is 0 Å². The van der Waals surface area contributed by atoms with Crippen LogP contribution in [0.4, 0.5) is 10.6 Å². The highest BCUT2D eigenvalue weighted by Crippen LogP contribution is 2.29. The van der Waals surface area contributed by atoms with Gasteiger partial charge < -0.3 is 25.5 Å². The maximum atomic E-state index is 13.1. The van der Waals surface area contributed by atoms with Gasteiger partial charge >= 0.3 is 12.0 Å². The van der Waals surface area contributed by atoms with Crippen molar-refractivity contribution in [2.45, 2.75) is 44.3 Å². The number of piperidine rings is 1. The van der Waals surface area contributed by atoms with Crippen molar-refractivity contribution in [2.24, 2.45) is 0 Å². The molecule has 9 heteroatoms. The Balaban J connectivity index is 1.34. The van der Waals surface area contributed by atoms with Gasteiger partial charge in [-0.2, -0.15) is 0 Å². The number of fused-ring (bicyclic) bond motifs is 1. The van der Waals surface area contributed by atoms with Crippen molar-refractivity contribution < 1.29 is 14.7 Å². The van der Waals surface area contributed by atoms with E-state index in [2.05, 4.69) is 33.1 Å². The normalized spacial score (nSPS) is 21.4. The Hall–Kier alpha value is -3.07. The molecular weight excluding hydrogens is 408 g/mol. The molecule has 2 unspecified atom stereocenters. The molecule has 0 bridgehead atoms. The molecule has 0 aliphatic carbocycles. The van der Waals surface area contributed by atoms with E-state index in [-0.39, 0.29) is 18.6 Å². The second-order valence-corrected chi connectivity index (χ2v) is 8.48. The van der Waals surface area contributed by atoms with Crippen molar-refractivity contribution in [2.75, 3.05) is 38.5 Å². The van der Waals surface area contributed by atoms with Gasteiger partial charge in [0, 0.05) is 38.6 Å². The van der Waals surface area contributed by atoms with Gasteiger partial charge in [0.05, 0.1) is 18.6 Å². The molecule has 3 aliphatic heterocycles. The van der Waals surface area contributed by atoms with Gasteiger partial charge in [-0.3, -0.25) is 10.1 Å². The molecule has 3 aliphatic rings. The molecule has 0 radical (unpaired) electrons. The summed E-state index contributed by atoms with van der Waals surface area (Å²) >= 11 is 0. The number of carbonyl (C=O) groups is 2. The van der Waals surface area contributed by atoms with Gasteiger partial charge in [-0.15, -0.1) is 0 Å². The fourth-order valence-electron chi connectivity index (χ4n) is 4.62. The predicted molar refractivity (Wildman–Crippen MR) is 122 cm³/mol. The topological polar surface area (TPSA) is 110 Å². The van der Waals surface area contributed by atoms with Gasteiger partial charge in [-0.05, 0) is 55.5 Å². The monoisotopic (exact) mass is 440 g/mol. The molecule has 2 amide bonds. The van der Waals surface area contributed by atoms with Gasteiger partial charge in [-0.25, -0.2) is 9.78 Å². The predicted octanol–water partition coefficient (Wildman–Crippen LogP) is 2.28. The van der Waals surface area contributed by atoms with Crippen LogP contribution in [-0.2, 0) is 4.79 Å². The fraction of sp³-hybridized carbons (Fsp3) is 0.522. The van der Waals surface area contributed by atoms with Crippen LogP contribution in [-0.4, -0.2) is 71.3 Å². The van der Waals surface area contributed by atoms with Crippen LogP contribution in [0.1, 0.15) is 43.7 Å². The number of nitrogens with zero attached hydrogens (tertiary/aromatic N) is 3. The van der Waals surface area contributed by atoms with Gasteiger partial charge in [0.2, 0.25) is 0 Å². The maximum absolute atomic E-state index is 13.1. The Morgan fingerprint density at radius 1 is 1.34 bits per heavy atom. The van der Waals surface area contributed by atoms with E-state index < -0.39 is 12.0 Å². The number of rotatable bonds is 9. The van der Waals surface area contributed by atoms with Crippen LogP contribution in [0.15, 0.2) is 41.8 Å². The lowest BCUT2D eigenvalue weighted by atomic mass is 9.99. The summed E-state index contributed by atoms with van der Waals surface area (Å²) in [5.74, 6) is -0.230. The standard InChI is InChI=1S/C23H32N6O3/c1-24-20-9-7-17(15-26-20)19(14-21(30)31)29-13-12-28(23(29)32)11-3-5-18-8-6-16-4-2-10-25-22(16)27-18/h6-9,15,19,22,25,27H,2-5,10-14H2,1H3,(H,24,26)(H,30,31). The third-order valence-electron chi connectivity index (χ3n) is 6.36. The number of nitrogens with one attached hydrogen (secondary N) is 3. The van der Waals surface area contributed by atoms with Crippen LogP contribution in [0, 0.1) is 0 Å². The van der Waals surface area contributed by atoms with Crippen molar-refractivity contribution >= 4 is 17.8 Å². The molecule has 0 aromatic carbocycles. The number of dihydropyridines is 1. The summed E-state index contributed by atoms with van der Waals surface area (Å²) in [6, 6.07) is 3.02. The van der Waals surface area contributed by atoms with E-state index in [1.54, 1.807) is 24.2 Å². The number of carboxylic acids is 1. The molecule has 1 aromatic rings. The lowest BCUT2D eigenvalue weighted by Gasteiger charge is -2.32. The van der Waals surface area contributed by atoms with Crippen LogP contribution in [0.2, 0.25) is 0 Å². The van der Waals surface area contributed by atoms with Crippen molar-refractivity contribution in [3.63, 3.8) is 0 Å². The smallest absolute Gasteiger partial charge is 0.320 e. The fourth-order valence-corrected chi connectivity index (χ4v) is 4.62. The first-order valence-corrected chi connectivity index (χ1v) is 11.4. The first-order valence-electron chi connectivity index (χ1n) is 11.4. The van der Waals surface area contributed by atoms with Crippen molar-refractivity contribution in [3.8, 4) is 0 Å². The number of aliphatic carboxylic acids is 1. The number of aromatic nitrogens is 1. The van der Waals surface area contributed by atoms with Crippen molar-refractivity contribution in [1.82, 2.24) is 25.4 Å². The van der Waals surface area contributed by atoms with Crippen LogP contribution in [0.3, 0.4) is 0 Å². The summed E-state index contributed by atoms with van der Waals surface area (Å²) in [6.45, 7) is 2.81. The van der Waals surface area contributed by atoms with E-state index in [0.717, 1.165) is 31.4 Å². The molecule has 172 valence electrons. The van der Waals surface area contributed by atoms with Crippen LogP contribution < -0.4 is 16.0 Å². The first kappa shape index (κ1) is 22.1. The Labute approximate surface area is 188 Å². The summed E-state index contributed by atoms with van der Waals surface area (Å²) in [5.41, 5.74) is 3.34. The number of carbonyl (C=O) groups excluding carboxylic acids is 1. The molecule has 9 nitrogen and oxygen atoms in total. The lowest BCUT2D eigenvalue weighted by molar-refractivity contribution is -0.138. The molecule has 4 rings (SSSR count). The SMILES string of the molecule is CNc1ccc(C(CC(=O)O)N2CCN(CCCC3=CC=C4CCCNC4N3)C2=O)cn1. The van der Waals surface area contributed by atoms with Crippen LogP contribution in [0.25, 0.3) is 0 Å². The quantitative estimate of drug-likeness (QED) is 0.466. The Bertz CT molecular complexity index is 897. The Kier molecular flexibility index (Phi) is 6.94. The number of amides is 2. The Morgan fingerprint density at radius 3 is 2.97 bits per heavy atom. The molecular formula is C23H32N6O3. The first-order chi connectivity index (χ1) is 15.5. The minimum atomic E-state index is -0.932. The largest absolute Gasteiger partial charge is 0.481 e. The molecule has 1 aromatic heterocycles. The van der Waals surface area contributed by atoms with E-state index in [0.29, 0.717) is 25.5 Å². The molecule has 4 heterocycles. The molecule has 0 spiro atoms. The molecule has 2 saturated heterocycles. The highest BCUT2D eigenvalue weighted by molar-refractivity contribution is 5.78. The maximum Gasteiger partial charge on any atom is 0.320 e. The van der Waals surface area contributed by atoms with Gasteiger partial charge in [0.25, 0.3) is 0 Å². The van der Waals surface area contributed by atoms with Crippen molar-refractivity contribution in [1.29, 1.82) is 0 Å². The highest BCUT2D eigenvalue weighted by Gasteiger charge is 2.35. The molecule has 0 saturated carbocycles. The molecule has 4 N–H and O–H groups in total. The highest BCUT2D eigenvalue weighted by atomic mass is 16.4. The average molecular weight is 441 g/mol. The summed E-state index contributed by atoms with van der Waals surface area (Å²) < 4.78 is 0. The molecule has 32 heavy (non-hydrogen) atoms. The van der Waals surface area contributed by atoms with E-state index in [1.807, 2.05) is 11.0 Å². The molecule has 2 atom stereocenters. The van der Waals surface area contributed by atoms with E-state index in [1.165, 1.54) is 17.7 Å². The number of urea groups is 1. The third kappa shape index (κ3) is 5.04. The summed E-state index contributed by atoms with van der Waals surface area (Å²) in [6.07, 6.45) is 10.2. The third-order valence-corrected chi connectivity index (χ3v) is 6.36. The second-order valence-electron chi connectivity index (χ2n) is 8.48. The summed E-state index contributed by atoms with van der Waals surface area (Å²) in [4.78, 5) is 32.4. The van der Waals surface area contributed by atoms with Crippen molar-refractivity contribution in [3.05, 3.63) is 47.3 Å². The van der Waals surface area contributed by atoms with Crippen LogP contribution in [0.5, 0.6) is 0 Å². The Morgan fingerprint density at radius 2 is 2.22 bits per heavy atom. The average Bonchev–Trinajstić information content (AvgIpc) is 3.17. The number of anilines is 1. The zero-order valence-electron chi connectivity index (χ0n) is 18.5. The minimum Gasteiger partial charge on any atom is -0.481 e. The zero-order valence-corrected chi connectivity index (χ0v) is 18.5. The summed E-state index contributed by atoms with van der Waals surface area (Å²) in [7, 11) is 1.78. The van der Waals surface area contributed by atoms with E-state index in [4.69, 9.17) is 0 Å². The second kappa shape index (κ2) is 10.0. The van der Waals surface area contributed by atoms with E-state index in [9.17, 15) is 14.7 Å². The van der Waals surface area contributed by atoms with Crippen LogP contribution >= 0.6 is 0 Å². The minimum absolute atomic E-state index is 0.101. The van der Waals surface area contributed by atoms with Gasteiger partial charge in [0.1, 0.15) is 5.82 Å². The number of hydrogen-bond donors (Lipinski definition) is 4. The summed E-state index contributed by atoms with van der Waals surface area (Å²) in [5, 5.41) is 19.4.